The van der Waals surface area contributed by atoms with Crippen LogP contribution in [0.25, 0.3) is 0 Å². The Bertz CT molecular complexity index is 883. The molecule has 1 N–H and O–H groups in total. The molecule has 1 nitrogen and oxygen atoms in total. The number of hydrogen-bond donors (Lipinski definition) is 1. The molecule has 0 radical (unpaired) electrons. The number of aryl methyl sites for hydroxylation is 2. The highest BCUT2D eigenvalue weighted by molar-refractivity contribution is 7.13. The molecule has 27 heavy (non-hydrogen) atoms. The van der Waals surface area contributed by atoms with Gasteiger partial charge in [-0.1, -0.05) is 0 Å². The van der Waals surface area contributed by atoms with Gasteiger partial charge >= 0.3 is 17.8 Å². The Kier molecular flexibility index (Phi) is 4.76. The largest absolute Gasteiger partial charge is 0.392 e. The van der Waals surface area contributed by atoms with Crippen molar-refractivity contribution in [3.8, 4) is 0 Å². The van der Waals surface area contributed by atoms with Gasteiger partial charge in [0, 0.05) is 19.5 Å². The van der Waals surface area contributed by atoms with Crippen molar-refractivity contribution in [3.05, 3.63) is 42.3 Å². The Morgan fingerprint density at radius 2 is 1.37 bits per heavy atom. The van der Waals surface area contributed by atoms with Crippen LogP contribution in [-0.4, -0.2) is 22.9 Å². The van der Waals surface area contributed by atoms with Gasteiger partial charge in [0.15, 0.2) is 0 Å². The molecule has 150 valence electrons. The van der Waals surface area contributed by atoms with Crippen LogP contribution in [0.3, 0.4) is 0 Å². The van der Waals surface area contributed by atoms with E-state index in [9.17, 15) is 31.4 Å². The molecular weight excluding hydrogens is 410 g/mol. The van der Waals surface area contributed by atoms with E-state index in [0.29, 0.717) is 20.9 Å². The fraction of sp³-hybridized carbons (Fsp3) is 0.556. The van der Waals surface area contributed by atoms with E-state index in [-0.39, 0.29) is 15.3 Å². The average Bonchev–Trinajstić information content (AvgIpc) is 3.08. The molecule has 0 bridgehead atoms. The zero-order chi connectivity index (χ0) is 20.5. The Labute approximate surface area is 160 Å². The van der Waals surface area contributed by atoms with E-state index < -0.39 is 36.2 Å². The van der Waals surface area contributed by atoms with Gasteiger partial charge in [-0.25, -0.2) is 0 Å². The molecule has 1 fully saturated rings. The Morgan fingerprint density at radius 1 is 0.852 bits per heavy atom. The molecule has 0 aliphatic heterocycles. The standard InChI is InChI=1S/C18H18F6OS2/c1-7-5-11(6-25)15(26-7)13-12(14-9(3)8(2)10(4)27-14)16(19,20)18(23,24)17(13,21)22/h5,12-13,25H,6H2,1-4H3. The van der Waals surface area contributed by atoms with E-state index in [0.717, 1.165) is 22.7 Å². The summed E-state index contributed by atoms with van der Waals surface area (Å²) in [6.45, 7) is 5.65. The van der Waals surface area contributed by atoms with Crippen LogP contribution in [0.4, 0.5) is 26.3 Å². The van der Waals surface area contributed by atoms with Gasteiger partial charge in [0.1, 0.15) is 0 Å². The van der Waals surface area contributed by atoms with Gasteiger partial charge < -0.3 is 5.11 Å². The number of alkyl halides is 6. The van der Waals surface area contributed by atoms with Crippen molar-refractivity contribution in [1.29, 1.82) is 0 Å². The maximum absolute atomic E-state index is 14.8. The predicted octanol–water partition coefficient (Wildman–Crippen LogP) is 6.32. The fourth-order valence-corrected chi connectivity index (χ4v) is 6.27. The predicted molar refractivity (Wildman–Crippen MR) is 93.8 cm³/mol. The van der Waals surface area contributed by atoms with Crippen LogP contribution in [0.5, 0.6) is 0 Å². The molecule has 2 aromatic heterocycles. The smallest absolute Gasteiger partial charge is 0.373 e. The third-order valence-corrected chi connectivity index (χ3v) is 7.94. The second-order valence-electron chi connectivity index (χ2n) is 6.95. The van der Waals surface area contributed by atoms with E-state index in [1.165, 1.54) is 13.0 Å². The highest BCUT2D eigenvalue weighted by atomic mass is 32.1. The van der Waals surface area contributed by atoms with Crippen LogP contribution < -0.4 is 0 Å². The first kappa shape index (κ1) is 20.7. The third kappa shape index (κ3) is 2.61. The van der Waals surface area contributed by atoms with Crippen molar-refractivity contribution in [2.75, 3.05) is 0 Å². The molecule has 2 aromatic rings. The number of aliphatic hydroxyl groups excluding tert-OH is 1. The van der Waals surface area contributed by atoms with Crippen molar-refractivity contribution < 1.29 is 31.4 Å². The molecule has 0 spiro atoms. The van der Waals surface area contributed by atoms with Crippen molar-refractivity contribution in [2.45, 2.75) is 63.9 Å². The van der Waals surface area contributed by atoms with Crippen molar-refractivity contribution in [2.24, 2.45) is 0 Å². The number of thiophene rings is 2. The first-order valence-electron chi connectivity index (χ1n) is 8.19. The highest BCUT2D eigenvalue weighted by Crippen LogP contribution is 2.70. The molecule has 0 saturated heterocycles. The maximum Gasteiger partial charge on any atom is 0.373 e. The van der Waals surface area contributed by atoms with Crippen LogP contribution in [0.1, 0.15) is 48.0 Å². The summed E-state index contributed by atoms with van der Waals surface area (Å²) in [6, 6.07) is 1.37. The monoisotopic (exact) mass is 428 g/mol. The van der Waals surface area contributed by atoms with Crippen LogP contribution in [0.2, 0.25) is 0 Å². The van der Waals surface area contributed by atoms with E-state index in [1.807, 2.05) is 0 Å². The molecule has 2 atom stereocenters. The van der Waals surface area contributed by atoms with Gasteiger partial charge in [-0.15, -0.1) is 22.7 Å². The molecule has 1 saturated carbocycles. The summed E-state index contributed by atoms with van der Waals surface area (Å²) < 4.78 is 87.7. The first-order chi connectivity index (χ1) is 12.3. The van der Waals surface area contributed by atoms with Gasteiger partial charge in [0.2, 0.25) is 0 Å². The summed E-state index contributed by atoms with van der Waals surface area (Å²) in [5.74, 6) is -20.2. The Balaban J connectivity index is 2.34. The second kappa shape index (κ2) is 6.22. The SMILES string of the molecule is Cc1cc(CO)c(C2C(c3sc(C)c(C)c3C)C(F)(F)C(F)(F)C2(F)F)s1. The zero-order valence-corrected chi connectivity index (χ0v) is 16.6. The number of halogens is 6. The van der Waals surface area contributed by atoms with Gasteiger partial charge in [-0.3, -0.25) is 0 Å². The van der Waals surface area contributed by atoms with E-state index in [4.69, 9.17) is 0 Å². The molecule has 9 heteroatoms. The van der Waals surface area contributed by atoms with Crippen LogP contribution in [0.15, 0.2) is 6.07 Å². The van der Waals surface area contributed by atoms with E-state index in [2.05, 4.69) is 0 Å². The zero-order valence-electron chi connectivity index (χ0n) is 15.0. The lowest BCUT2D eigenvalue weighted by atomic mass is 9.86. The minimum atomic E-state index is -5.50. The summed E-state index contributed by atoms with van der Waals surface area (Å²) in [7, 11) is 0. The van der Waals surface area contributed by atoms with E-state index >= 15 is 0 Å². The number of aliphatic hydroxyl groups is 1. The summed E-state index contributed by atoms with van der Waals surface area (Å²) in [6.07, 6.45) is 0. The summed E-state index contributed by atoms with van der Waals surface area (Å²) in [5.41, 5.74) is 0.954. The lowest BCUT2D eigenvalue weighted by Crippen LogP contribution is -2.48. The van der Waals surface area contributed by atoms with Crippen molar-refractivity contribution >= 4 is 22.7 Å². The molecule has 0 amide bonds. The van der Waals surface area contributed by atoms with Gasteiger partial charge in [-0.2, -0.15) is 26.3 Å². The van der Waals surface area contributed by atoms with Crippen molar-refractivity contribution in [1.82, 2.24) is 0 Å². The molecule has 1 aliphatic rings. The van der Waals surface area contributed by atoms with Gasteiger partial charge in [0.05, 0.1) is 18.4 Å². The Hall–Kier alpha value is -1.06. The van der Waals surface area contributed by atoms with E-state index in [1.54, 1.807) is 20.8 Å². The quantitative estimate of drug-likeness (QED) is 0.567. The molecule has 3 rings (SSSR count). The second-order valence-corrected chi connectivity index (χ2v) is 9.50. The summed E-state index contributed by atoms with van der Waals surface area (Å²) >= 11 is 1.61. The summed E-state index contributed by atoms with van der Waals surface area (Å²) in [4.78, 5) is 0.662. The lowest BCUT2D eigenvalue weighted by molar-refractivity contribution is -0.274. The highest BCUT2D eigenvalue weighted by Gasteiger charge is 2.85. The topological polar surface area (TPSA) is 20.2 Å². The molecular formula is C18H18F6OS2. The van der Waals surface area contributed by atoms with Crippen LogP contribution in [-0.2, 0) is 6.61 Å². The maximum atomic E-state index is 14.8. The molecule has 0 aromatic carbocycles. The molecule has 1 aliphatic carbocycles. The minimum absolute atomic E-state index is 0.0108. The van der Waals surface area contributed by atoms with Crippen LogP contribution in [0, 0.1) is 27.7 Å². The molecule has 2 heterocycles. The summed E-state index contributed by atoms with van der Waals surface area (Å²) in [5, 5.41) is 9.47. The molecule has 2 unspecified atom stereocenters. The third-order valence-electron chi connectivity index (χ3n) is 5.38. The van der Waals surface area contributed by atoms with Gasteiger partial charge in [-0.05, 0) is 50.5 Å². The average molecular weight is 428 g/mol. The van der Waals surface area contributed by atoms with Gasteiger partial charge in [0.25, 0.3) is 0 Å². The minimum Gasteiger partial charge on any atom is -0.392 e. The van der Waals surface area contributed by atoms with Crippen LogP contribution >= 0.6 is 22.7 Å². The number of rotatable bonds is 3. The first-order valence-corrected chi connectivity index (χ1v) is 9.82. The Morgan fingerprint density at radius 3 is 1.81 bits per heavy atom. The lowest BCUT2D eigenvalue weighted by Gasteiger charge is -2.25. The fourth-order valence-electron chi connectivity index (χ4n) is 3.70. The number of hydrogen-bond acceptors (Lipinski definition) is 3. The van der Waals surface area contributed by atoms with Crippen molar-refractivity contribution in [3.63, 3.8) is 0 Å². The normalized spacial score (nSPS) is 25.9.